The van der Waals surface area contributed by atoms with Gasteiger partial charge in [-0.25, -0.2) is 0 Å². The van der Waals surface area contributed by atoms with Crippen molar-refractivity contribution in [2.75, 3.05) is 33.8 Å². The number of carbonyl (C=O) groups excluding carboxylic acids is 4. The number of quaternary nitrogens is 1. The Morgan fingerprint density at radius 1 is 0.967 bits per heavy atom. The molecule has 0 aromatic rings. The third kappa shape index (κ3) is 8.80. The first kappa shape index (κ1) is 25.4. The van der Waals surface area contributed by atoms with Gasteiger partial charge in [-0.3, -0.25) is 19.2 Å². The summed E-state index contributed by atoms with van der Waals surface area (Å²) in [6, 6.07) is 0. The third-order valence-electron chi connectivity index (χ3n) is 4.22. The van der Waals surface area contributed by atoms with Gasteiger partial charge in [0, 0.05) is 27.2 Å². The second kappa shape index (κ2) is 11.5. The maximum atomic E-state index is 12.3. The predicted octanol–water partition coefficient (Wildman–Crippen LogP) is 0.171. The van der Waals surface area contributed by atoms with Crippen LogP contribution in [0.25, 0.3) is 0 Å². The molecular formula is C20H30NO9+. The van der Waals surface area contributed by atoms with E-state index in [0.29, 0.717) is 24.0 Å². The van der Waals surface area contributed by atoms with E-state index >= 15 is 0 Å². The smallest absolute Gasteiger partial charge is 0.308 e. The van der Waals surface area contributed by atoms with Crippen molar-refractivity contribution in [2.45, 2.75) is 58.2 Å². The largest absolute Gasteiger partial charge is 0.456 e. The number of carbonyl (C=O) groups is 4. The first-order valence-electron chi connectivity index (χ1n) is 9.53. The fourth-order valence-electron chi connectivity index (χ4n) is 2.98. The lowest BCUT2D eigenvalue weighted by molar-refractivity contribution is -0.883. The van der Waals surface area contributed by atoms with E-state index in [4.69, 9.17) is 30.1 Å². The minimum absolute atomic E-state index is 0.0878. The van der Waals surface area contributed by atoms with Gasteiger partial charge < -0.3 is 28.2 Å². The van der Waals surface area contributed by atoms with Crippen molar-refractivity contribution in [3.05, 3.63) is 0 Å². The van der Waals surface area contributed by atoms with Gasteiger partial charge in [0.15, 0.2) is 12.2 Å². The number of hydrogen-bond acceptors (Lipinski definition) is 9. The van der Waals surface area contributed by atoms with Crippen LogP contribution in [-0.2, 0) is 42.9 Å². The van der Waals surface area contributed by atoms with Crippen LogP contribution in [0.1, 0.15) is 33.6 Å². The van der Waals surface area contributed by atoms with Crippen LogP contribution in [0.4, 0.5) is 0 Å². The highest BCUT2D eigenvalue weighted by Crippen LogP contribution is 2.25. The minimum Gasteiger partial charge on any atom is -0.456 e. The predicted molar refractivity (Wildman–Crippen MR) is 102 cm³/mol. The molecule has 0 spiro atoms. The van der Waals surface area contributed by atoms with E-state index in [1.54, 1.807) is 0 Å². The molecule has 30 heavy (non-hydrogen) atoms. The lowest BCUT2D eigenvalue weighted by Gasteiger charge is -2.39. The Kier molecular flexibility index (Phi) is 9.75. The highest BCUT2D eigenvalue weighted by atomic mass is 16.7. The second-order valence-corrected chi connectivity index (χ2v) is 7.61. The molecule has 1 rings (SSSR count). The van der Waals surface area contributed by atoms with Crippen molar-refractivity contribution in [3.8, 4) is 12.3 Å². The van der Waals surface area contributed by atoms with Gasteiger partial charge in [-0.05, 0) is 5.92 Å². The molecule has 0 radical (unpaired) electrons. The van der Waals surface area contributed by atoms with E-state index in [1.807, 2.05) is 14.1 Å². The summed E-state index contributed by atoms with van der Waals surface area (Å²) in [5.74, 6) is -0.0231. The van der Waals surface area contributed by atoms with Crippen molar-refractivity contribution in [1.29, 1.82) is 0 Å². The standard InChI is InChI=1S/C20H30NO9/c1-7-10-21(5,6)11-8-9-17(25)30-20-19(29-15(4)24)18(28-14(3)23)16(12-26-20)27-13(2)22/h1,16,18-20H,8-12H2,2-6H3/q+1/t16?,18?,19-,20?/m1/s1. The van der Waals surface area contributed by atoms with E-state index < -0.39 is 48.5 Å². The quantitative estimate of drug-likeness (QED) is 0.219. The molecular weight excluding hydrogens is 398 g/mol. The van der Waals surface area contributed by atoms with E-state index in [2.05, 4.69) is 5.92 Å². The van der Waals surface area contributed by atoms with Gasteiger partial charge in [-0.2, -0.15) is 0 Å². The van der Waals surface area contributed by atoms with Crippen molar-refractivity contribution >= 4 is 23.9 Å². The van der Waals surface area contributed by atoms with Crippen molar-refractivity contribution in [3.63, 3.8) is 0 Å². The van der Waals surface area contributed by atoms with Gasteiger partial charge in [-0.1, -0.05) is 0 Å². The molecule has 1 fully saturated rings. The summed E-state index contributed by atoms with van der Waals surface area (Å²) in [7, 11) is 3.90. The van der Waals surface area contributed by atoms with Gasteiger partial charge in [0.25, 0.3) is 0 Å². The average molecular weight is 428 g/mol. The van der Waals surface area contributed by atoms with Crippen molar-refractivity contribution < 1.29 is 47.3 Å². The first-order valence-corrected chi connectivity index (χ1v) is 9.53. The fourth-order valence-corrected chi connectivity index (χ4v) is 2.98. The van der Waals surface area contributed by atoms with E-state index in [9.17, 15) is 19.2 Å². The molecule has 0 aromatic carbocycles. The summed E-state index contributed by atoms with van der Waals surface area (Å²) in [6.07, 6.45) is 1.12. The average Bonchev–Trinajstić information content (AvgIpc) is 2.58. The lowest BCUT2D eigenvalue weighted by atomic mass is 10.0. The van der Waals surface area contributed by atoms with Crippen molar-refractivity contribution in [2.24, 2.45) is 0 Å². The number of hydrogen-bond donors (Lipinski definition) is 0. The fraction of sp³-hybridized carbons (Fsp3) is 0.700. The monoisotopic (exact) mass is 428 g/mol. The molecule has 3 unspecified atom stereocenters. The molecule has 0 saturated carbocycles. The van der Waals surface area contributed by atoms with E-state index in [-0.39, 0.29) is 13.0 Å². The number of terminal acetylenes is 1. The number of nitrogens with zero attached hydrogens (tertiary/aromatic N) is 1. The zero-order valence-corrected chi connectivity index (χ0v) is 18.0. The molecule has 10 nitrogen and oxygen atoms in total. The lowest BCUT2D eigenvalue weighted by Crippen LogP contribution is -2.58. The van der Waals surface area contributed by atoms with E-state index in [1.165, 1.54) is 6.92 Å². The number of esters is 4. The van der Waals surface area contributed by atoms with Gasteiger partial charge >= 0.3 is 23.9 Å². The SMILES string of the molecule is C#CC[N+](C)(C)CCCC(=O)OC1OCC(OC(C)=O)C(OC(C)=O)[C@H]1OC(C)=O. The molecule has 1 heterocycles. The Labute approximate surface area is 176 Å². The van der Waals surface area contributed by atoms with Crippen molar-refractivity contribution in [1.82, 2.24) is 0 Å². The Morgan fingerprint density at radius 2 is 1.53 bits per heavy atom. The Hall–Kier alpha value is -2.64. The molecule has 4 atom stereocenters. The normalized spacial score (nSPS) is 23.6. The minimum atomic E-state index is -1.31. The molecule has 1 aliphatic rings. The molecule has 0 amide bonds. The summed E-state index contributed by atoms with van der Waals surface area (Å²) in [5, 5.41) is 0. The summed E-state index contributed by atoms with van der Waals surface area (Å²) in [4.78, 5) is 46.7. The maximum Gasteiger partial charge on any atom is 0.308 e. The molecule has 0 aromatic heterocycles. The van der Waals surface area contributed by atoms with Gasteiger partial charge in [0.2, 0.25) is 12.4 Å². The van der Waals surface area contributed by atoms with Crippen LogP contribution in [0, 0.1) is 12.3 Å². The van der Waals surface area contributed by atoms with E-state index in [0.717, 1.165) is 13.8 Å². The number of ether oxygens (including phenoxy) is 5. The highest BCUT2D eigenvalue weighted by molar-refractivity contribution is 5.70. The zero-order valence-electron chi connectivity index (χ0n) is 18.0. The molecule has 0 bridgehead atoms. The Balaban J connectivity index is 2.84. The molecule has 168 valence electrons. The summed E-state index contributed by atoms with van der Waals surface area (Å²) in [5.41, 5.74) is 0. The summed E-state index contributed by atoms with van der Waals surface area (Å²) < 4.78 is 26.8. The van der Waals surface area contributed by atoms with Crippen LogP contribution in [0.3, 0.4) is 0 Å². The molecule has 1 aliphatic heterocycles. The number of rotatable bonds is 9. The van der Waals surface area contributed by atoms with Crippen LogP contribution in [-0.4, -0.2) is 86.8 Å². The zero-order chi connectivity index (χ0) is 22.9. The van der Waals surface area contributed by atoms with Gasteiger partial charge in [0.05, 0.1) is 33.7 Å². The van der Waals surface area contributed by atoms with Crippen LogP contribution in [0.15, 0.2) is 0 Å². The topological polar surface area (TPSA) is 114 Å². The van der Waals surface area contributed by atoms with Crippen LogP contribution in [0.2, 0.25) is 0 Å². The summed E-state index contributed by atoms with van der Waals surface area (Å²) in [6.45, 7) is 4.45. The van der Waals surface area contributed by atoms with Crippen LogP contribution >= 0.6 is 0 Å². The second-order valence-electron chi connectivity index (χ2n) is 7.61. The van der Waals surface area contributed by atoms with Gasteiger partial charge in [0.1, 0.15) is 6.54 Å². The first-order chi connectivity index (χ1) is 13.9. The summed E-state index contributed by atoms with van der Waals surface area (Å²) >= 11 is 0. The molecule has 0 N–H and O–H groups in total. The Bertz CT molecular complexity index is 682. The van der Waals surface area contributed by atoms with Gasteiger partial charge in [-0.15, -0.1) is 6.42 Å². The highest BCUT2D eigenvalue weighted by Gasteiger charge is 2.48. The Morgan fingerprint density at radius 3 is 2.07 bits per heavy atom. The third-order valence-corrected chi connectivity index (χ3v) is 4.22. The molecule has 10 heteroatoms. The molecule has 1 saturated heterocycles. The molecule has 0 aliphatic carbocycles. The maximum absolute atomic E-state index is 12.3. The van der Waals surface area contributed by atoms with Crippen LogP contribution < -0.4 is 0 Å². The van der Waals surface area contributed by atoms with Crippen LogP contribution in [0.5, 0.6) is 0 Å².